The second kappa shape index (κ2) is 7.42. The lowest BCUT2D eigenvalue weighted by atomic mass is 10.1. The fourth-order valence-corrected chi connectivity index (χ4v) is 3.50. The molecular formula is C19H30O3Si. The van der Waals surface area contributed by atoms with Gasteiger partial charge < -0.3 is 13.9 Å². The normalized spacial score (nSPS) is 14.7. The molecule has 3 nitrogen and oxygen atoms in total. The van der Waals surface area contributed by atoms with Crippen molar-refractivity contribution >= 4 is 8.32 Å². The lowest BCUT2D eigenvalue weighted by molar-refractivity contribution is 0.102. The number of hydrogen-bond donors (Lipinski definition) is 0. The van der Waals surface area contributed by atoms with Gasteiger partial charge in [0.15, 0.2) is 8.32 Å². The first-order chi connectivity index (χ1) is 10.5. The Labute approximate surface area is 142 Å². The number of benzene rings is 1. The Morgan fingerprint density at radius 3 is 2.00 bits per heavy atom. The molecule has 0 saturated heterocycles. The van der Waals surface area contributed by atoms with Crippen LogP contribution in [-0.2, 0) is 4.43 Å². The van der Waals surface area contributed by atoms with E-state index in [0.29, 0.717) is 13.0 Å². The summed E-state index contributed by atoms with van der Waals surface area (Å²) in [5.41, 5.74) is -0.602. The molecule has 0 spiro atoms. The Bertz CT molecular complexity index is 537. The number of methoxy groups -OCH3 is 1. The highest BCUT2D eigenvalue weighted by molar-refractivity contribution is 6.74. The molecule has 0 unspecified atom stereocenters. The summed E-state index contributed by atoms with van der Waals surface area (Å²) in [4.78, 5) is 0. The SMILES string of the molecule is C#C[C@@](C)(CCOc1ccc(OC)cc1)O[Si](C)(C)C(C)(C)C. The highest BCUT2D eigenvalue weighted by atomic mass is 28.4. The first-order valence-corrected chi connectivity index (χ1v) is 10.9. The Morgan fingerprint density at radius 1 is 1.04 bits per heavy atom. The molecule has 0 aliphatic rings. The molecule has 1 atom stereocenters. The molecule has 0 aliphatic carbocycles. The van der Waals surface area contributed by atoms with Crippen molar-refractivity contribution in [3.63, 3.8) is 0 Å². The van der Waals surface area contributed by atoms with Crippen molar-refractivity contribution in [3.05, 3.63) is 24.3 Å². The average Bonchev–Trinajstić information content (AvgIpc) is 2.46. The van der Waals surface area contributed by atoms with Gasteiger partial charge in [-0.2, -0.15) is 0 Å². The first kappa shape index (κ1) is 19.6. The zero-order valence-corrected chi connectivity index (χ0v) is 16.5. The van der Waals surface area contributed by atoms with Crippen LogP contribution in [-0.4, -0.2) is 27.6 Å². The van der Waals surface area contributed by atoms with Gasteiger partial charge in [0.1, 0.15) is 17.1 Å². The monoisotopic (exact) mass is 334 g/mol. The van der Waals surface area contributed by atoms with Gasteiger partial charge in [-0.25, -0.2) is 0 Å². The molecule has 0 aromatic heterocycles. The third-order valence-electron chi connectivity index (χ3n) is 4.50. The van der Waals surface area contributed by atoms with E-state index in [1.807, 2.05) is 31.2 Å². The van der Waals surface area contributed by atoms with Gasteiger partial charge in [0.2, 0.25) is 0 Å². The maximum atomic E-state index is 6.42. The topological polar surface area (TPSA) is 27.7 Å². The molecule has 0 amide bonds. The standard InChI is InChI=1S/C19H30O3Si/c1-9-19(5,22-23(7,8)18(2,3)4)14-15-21-17-12-10-16(20-6)11-13-17/h1,10-13H,14-15H2,2-8H3/t19-/m0/s1. The Hall–Kier alpha value is -1.44. The molecular weight excluding hydrogens is 304 g/mol. The Morgan fingerprint density at radius 2 is 1.57 bits per heavy atom. The van der Waals surface area contributed by atoms with Gasteiger partial charge in [-0.1, -0.05) is 26.7 Å². The van der Waals surface area contributed by atoms with Crippen LogP contribution in [0.2, 0.25) is 18.1 Å². The summed E-state index contributed by atoms with van der Waals surface area (Å²) in [6.45, 7) is 13.6. The number of ether oxygens (including phenoxy) is 2. The van der Waals surface area contributed by atoms with Gasteiger partial charge in [0.05, 0.1) is 13.7 Å². The Balaban J connectivity index is 2.63. The van der Waals surface area contributed by atoms with Crippen LogP contribution in [0, 0.1) is 12.3 Å². The predicted octanol–water partition coefficient (Wildman–Crippen LogP) is 4.88. The fourth-order valence-electron chi connectivity index (χ4n) is 1.90. The zero-order chi connectivity index (χ0) is 17.7. The molecule has 0 N–H and O–H groups in total. The van der Waals surface area contributed by atoms with Crippen LogP contribution < -0.4 is 9.47 Å². The Kier molecular flexibility index (Phi) is 6.32. The van der Waals surface area contributed by atoms with E-state index in [1.54, 1.807) is 7.11 Å². The molecule has 1 aromatic carbocycles. The van der Waals surface area contributed by atoms with Gasteiger partial charge in [-0.15, -0.1) is 6.42 Å². The lowest BCUT2D eigenvalue weighted by Gasteiger charge is -2.42. The van der Waals surface area contributed by atoms with E-state index < -0.39 is 13.9 Å². The highest BCUT2D eigenvalue weighted by Crippen LogP contribution is 2.39. The van der Waals surface area contributed by atoms with Crippen molar-refractivity contribution in [1.29, 1.82) is 0 Å². The van der Waals surface area contributed by atoms with Crippen molar-refractivity contribution < 1.29 is 13.9 Å². The van der Waals surface area contributed by atoms with Crippen LogP contribution in [0.25, 0.3) is 0 Å². The maximum absolute atomic E-state index is 6.42. The van der Waals surface area contributed by atoms with Crippen LogP contribution in [0.5, 0.6) is 11.5 Å². The minimum atomic E-state index is -1.92. The summed E-state index contributed by atoms with van der Waals surface area (Å²) < 4.78 is 17.3. The van der Waals surface area contributed by atoms with Gasteiger partial charge in [-0.05, 0) is 49.3 Å². The molecule has 4 heteroatoms. The minimum absolute atomic E-state index is 0.127. The van der Waals surface area contributed by atoms with Crippen molar-refractivity contribution in [2.24, 2.45) is 0 Å². The van der Waals surface area contributed by atoms with Gasteiger partial charge in [-0.3, -0.25) is 0 Å². The molecule has 23 heavy (non-hydrogen) atoms. The van der Waals surface area contributed by atoms with E-state index in [9.17, 15) is 0 Å². The fraction of sp³-hybridized carbons (Fsp3) is 0.579. The maximum Gasteiger partial charge on any atom is 0.194 e. The van der Waals surface area contributed by atoms with E-state index in [4.69, 9.17) is 20.3 Å². The molecule has 128 valence electrons. The van der Waals surface area contributed by atoms with E-state index in [-0.39, 0.29) is 5.04 Å². The molecule has 0 aliphatic heterocycles. The van der Waals surface area contributed by atoms with Gasteiger partial charge in [0.25, 0.3) is 0 Å². The summed E-state index contributed by atoms with van der Waals surface area (Å²) in [6, 6.07) is 7.53. The number of rotatable bonds is 7. The second-order valence-electron chi connectivity index (χ2n) is 7.51. The largest absolute Gasteiger partial charge is 0.497 e. The third-order valence-corrected chi connectivity index (χ3v) is 9.07. The van der Waals surface area contributed by atoms with Crippen molar-refractivity contribution in [1.82, 2.24) is 0 Å². The molecule has 0 bridgehead atoms. The second-order valence-corrected chi connectivity index (χ2v) is 12.2. The summed E-state index contributed by atoms with van der Waals surface area (Å²) in [7, 11) is -0.272. The third kappa shape index (κ3) is 5.60. The van der Waals surface area contributed by atoms with Crippen molar-refractivity contribution in [2.45, 2.75) is 57.8 Å². The van der Waals surface area contributed by atoms with Crippen LogP contribution >= 0.6 is 0 Å². The quantitative estimate of drug-likeness (QED) is 0.525. The van der Waals surface area contributed by atoms with Crippen LogP contribution in [0.3, 0.4) is 0 Å². The van der Waals surface area contributed by atoms with Crippen LogP contribution in [0.4, 0.5) is 0 Å². The van der Waals surface area contributed by atoms with E-state index >= 15 is 0 Å². The van der Waals surface area contributed by atoms with Crippen molar-refractivity contribution in [2.75, 3.05) is 13.7 Å². The molecule has 1 rings (SSSR count). The summed E-state index contributed by atoms with van der Waals surface area (Å²) in [5.74, 6) is 4.44. The van der Waals surface area contributed by atoms with E-state index in [0.717, 1.165) is 11.5 Å². The number of hydrogen-bond acceptors (Lipinski definition) is 3. The minimum Gasteiger partial charge on any atom is -0.497 e. The van der Waals surface area contributed by atoms with Crippen molar-refractivity contribution in [3.8, 4) is 23.8 Å². The molecule has 0 saturated carbocycles. The number of terminal acetylenes is 1. The summed E-state index contributed by atoms with van der Waals surface area (Å²) >= 11 is 0. The predicted molar refractivity (Wildman–Crippen MR) is 98.6 cm³/mol. The molecule has 0 radical (unpaired) electrons. The first-order valence-electron chi connectivity index (χ1n) is 7.98. The van der Waals surface area contributed by atoms with Crippen LogP contribution in [0.15, 0.2) is 24.3 Å². The van der Waals surface area contributed by atoms with E-state index in [2.05, 4.69) is 39.8 Å². The highest BCUT2D eigenvalue weighted by Gasteiger charge is 2.42. The van der Waals surface area contributed by atoms with Crippen LogP contribution in [0.1, 0.15) is 34.1 Å². The average molecular weight is 335 g/mol. The molecule has 0 heterocycles. The zero-order valence-electron chi connectivity index (χ0n) is 15.5. The summed E-state index contributed by atoms with van der Waals surface area (Å²) in [6.07, 6.45) is 6.40. The lowest BCUT2D eigenvalue weighted by Crippen LogP contribution is -2.48. The van der Waals surface area contributed by atoms with Gasteiger partial charge in [0, 0.05) is 6.42 Å². The smallest absolute Gasteiger partial charge is 0.194 e. The molecule has 1 aromatic rings. The van der Waals surface area contributed by atoms with Gasteiger partial charge >= 0.3 is 0 Å². The summed E-state index contributed by atoms with van der Waals surface area (Å²) in [5, 5.41) is 0.127. The molecule has 0 fully saturated rings. The van der Waals surface area contributed by atoms with E-state index in [1.165, 1.54) is 0 Å².